The molecule has 0 aliphatic carbocycles. The Kier molecular flexibility index (Phi) is 7.10. The van der Waals surface area contributed by atoms with Crippen LogP contribution in [0.4, 0.5) is 5.69 Å². The van der Waals surface area contributed by atoms with Crippen molar-refractivity contribution in [1.82, 2.24) is 0 Å². The second kappa shape index (κ2) is 9.07. The Morgan fingerprint density at radius 2 is 1.62 bits per heavy atom. The van der Waals surface area contributed by atoms with E-state index < -0.39 is 0 Å². The first-order valence-electron chi connectivity index (χ1n) is 7.49. The average molecular weight is 385 g/mol. The molecule has 2 aromatic rings. The van der Waals surface area contributed by atoms with E-state index in [0.29, 0.717) is 57.6 Å². The quantitative estimate of drug-likeness (QED) is 0.469. The molecule has 126 valence electrons. The summed E-state index contributed by atoms with van der Waals surface area (Å²) in [5.74, 6) is -0.123. The number of halogens is 3. The van der Waals surface area contributed by atoms with Gasteiger partial charge in [0.15, 0.2) is 0 Å². The summed E-state index contributed by atoms with van der Waals surface area (Å²) in [4.78, 5) is 22.4. The Bertz CT molecular complexity index is 747. The van der Waals surface area contributed by atoms with E-state index in [1.54, 1.807) is 36.4 Å². The van der Waals surface area contributed by atoms with E-state index >= 15 is 0 Å². The molecule has 24 heavy (non-hydrogen) atoms. The van der Waals surface area contributed by atoms with Crippen LogP contribution in [0.15, 0.2) is 36.4 Å². The number of carbonyl (C=O) groups is 2. The van der Waals surface area contributed by atoms with E-state index in [-0.39, 0.29) is 5.91 Å². The summed E-state index contributed by atoms with van der Waals surface area (Å²) in [5, 5.41) is 4.46. The molecule has 0 aromatic heterocycles. The molecule has 2 aromatic carbocycles. The lowest BCUT2D eigenvalue weighted by atomic mass is 10.0. The third kappa shape index (κ3) is 5.23. The number of nitrogens with one attached hydrogen (secondary N) is 1. The van der Waals surface area contributed by atoms with Gasteiger partial charge in [0.1, 0.15) is 6.29 Å². The van der Waals surface area contributed by atoms with Crippen molar-refractivity contribution in [3.05, 3.63) is 51.5 Å². The van der Waals surface area contributed by atoms with Gasteiger partial charge in [-0.15, -0.1) is 0 Å². The summed E-state index contributed by atoms with van der Waals surface area (Å²) >= 11 is 18.4. The van der Waals surface area contributed by atoms with Crippen LogP contribution in [0.5, 0.6) is 0 Å². The Morgan fingerprint density at radius 1 is 0.958 bits per heavy atom. The number of benzene rings is 2. The molecule has 0 fully saturated rings. The lowest BCUT2D eigenvalue weighted by Crippen LogP contribution is -2.12. The van der Waals surface area contributed by atoms with Gasteiger partial charge >= 0.3 is 0 Å². The standard InChI is InChI=1S/C18H16Cl3NO2/c19-12-5-7-16(21)14(10-12)15-11-13(20)6-8-17(15)22-18(24)4-2-1-3-9-23/h5-11H,1-4H2,(H,22,24). The van der Waals surface area contributed by atoms with Crippen LogP contribution in [0.3, 0.4) is 0 Å². The fraction of sp³-hybridized carbons (Fsp3) is 0.222. The molecule has 0 radical (unpaired) electrons. The van der Waals surface area contributed by atoms with Crippen LogP contribution < -0.4 is 5.32 Å². The first-order chi connectivity index (χ1) is 11.5. The SMILES string of the molecule is O=CCCCCC(=O)Nc1ccc(Cl)cc1-c1cc(Cl)ccc1Cl. The highest BCUT2D eigenvalue weighted by Gasteiger charge is 2.12. The highest BCUT2D eigenvalue weighted by molar-refractivity contribution is 6.36. The molecule has 0 heterocycles. The maximum Gasteiger partial charge on any atom is 0.224 e. The van der Waals surface area contributed by atoms with Gasteiger partial charge in [0, 0.05) is 44.7 Å². The van der Waals surface area contributed by atoms with Gasteiger partial charge in [-0.05, 0) is 49.2 Å². The molecule has 1 N–H and O–H groups in total. The fourth-order valence-electron chi connectivity index (χ4n) is 2.28. The zero-order valence-corrected chi connectivity index (χ0v) is 15.1. The second-order valence-corrected chi connectivity index (χ2v) is 6.55. The van der Waals surface area contributed by atoms with Crippen LogP contribution in [0.1, 0.15) is 25.7 Å². The van der Waals surface area contributed by atoms with Crippen LogP contribution in [0, 0.1) is 0 Å². The predicted molar refractivity (Wildman–Crippen MR) is 100 cm³/mol. The zero-order chi connectivity index (χ0) is 17.5. The van der Waals surface area contributed by atoms with E-state index in [0.717, 1.165) is 6.29 Å². The first-order valence-corrected chi connectivity index (χ1v) is 8.63. The van der Waals surface area contributed by atoms with Gasteiger partial charge in [-0.1, -0.05) is 34.8 Å². The molecule has 2 rings (SSSR count). The van der Waals surface area contributed by atoms with E-state index in [1.807, 2.05) is 0 Å². The van der Waals surface area contributed by atoms with Crippen LogP contribution in [0.2, 0.25) is 15.1 Å². The van der Waals surface area contributed by atoms with Crippen molar-refractivity contribution in [2.75, 3.05) is 5.32 Å². The predicted octanol–water partition coefficient (Wildman–Crippen LogP) is 6.01. The monoisotopic (exact) mass is 383 g/mol. The van der Waals surface area contributed by atoms with Crippen molar-refractivity contribution in [2.24, 2.45) is 0 Å². The van der Waals surface area contributed by atoms with Crippen LogP contribution in [-0.2, 0) is 9.59 Å². The topological polar surface area (TPSA) is 46.2 Å². The normalized spacial score (nSPS) is 10.5. The summed E-state index contributed by atoms with van der Waals surface area (Å²) in [6, 6.07) is 10.3. The molecular weight excluding hydrogens is 369 g/mol. The number of anilines is 1. The molecule has 0 spiro atoms. The minimum Gasteiger partial charge on any atom is -0.326 e. The Morgan fingerprint density at radius 3 is 2.33 bits per heavy atom. The van der Waals surface area contributed by atoms with Gasteiger partial charge in [0.05, 0.1) is 0 Å². The van der Waals surface area contributed by atoms with Gasteiger partial charge < -0.3 is 10.1 Å². The Hall–Kier alpha value is -1.55. The van der Waals surface area contributed by atoms with Gasteiger partial charge in [-0.2, -0.15) is 0 Å². The third-order valence-corrected chi connectivity index (χ3v) is 4.25. The number of carbonyl (C=O) groups excluding carboxylic acids is 2. The minimum absolute atomic E-state index is 0.123. The summed E-state index contributed by atoms with van der Waals surface area (Å²) in [6.45, 7) is 0. The molecule has 0 unspecified atom stereocenters. The largest absolute Gasteiger partial charge is 0.326 e. The average Bonchev–Trinajstić information content (AvgIpc) is 2.55. The van der Waals surface area contributed by atoms with Gasteiger partial charge in [0.25, 0.3) is 0 Å². The van der Waals surface area contributed by atoms with Crippen LogP contribution in [0.25, 0.3) is 11.1 Å². The molecule has 0 bridgehead atoms. The summed E-state index contributed by atoms with van der Waals surface area (Å²) in [5.41, 5.74) is 2.02. The van der Waals surface area contributed by atoms with Gasteiger partial charge in [0.2, 0.25) is 5.91 Å². The molecule has 6 heteroatoms. The minimum atomic E-state index is -0.123. The smallest absolute Gasteiger partial charge is 0.224 e. The highest BCUT2D eigenvalue weighted by atomic mass is 35.5. The summed E-state index contributed by atoms with van der Waals surface area (Å²) in [6.07, 6.45) is 3.03. The number of amides is 1. The molecule has 0 aliphatic heterocycles. The van der Waals surface area contributed by atoms with E-state index in [1.165, 1.54) is 0 Å². The van der Waals surface area contributed by atoms with Crippen molar-refractivity contribution in [2.45, 2.75) is 25.7 Å². The van der Waals surface area contributed by atoms with Crippen molar-refractivity contribution in [1.29, 1.82) is 0 Å². The molecular formula is C18H16Cl3NO2. The van der Waals surface area contributed by atoms with Crippen LogP contribution in [-0.4, -0.2) is 12.2 Å². The van der Waals surface area contributed by atoms with Crippen molar-refractivity contribution in [3.8, 4) is 11.1 Å². The number of hydrogen-bond donors (Lipinski definition) is 1. The van der Waals surface area contributed by atoms with Crippen molar-refractivity contribution < 1.29 is 9.59 Å². The lowest BCUT2D eigenvalue weighted by Gasteiger charge is -2.13. The van der Waals surface area contributed by atoms with Gasteiger partial charge in [-0.3, -0.25) is 4.79 Å². The molecule has 0 atom stereocenters. The lowest BCUT2D eigenvalue weighted by molar-refractivity contribution is -0.116. The maximum atomic E-state index is 12.1. The van der Waals surface area contributed by atoms with E-state index in [9.17, 15) is 9.59 Å². The summed E-state index contributed by atoms with van der Waals surface area (Å²) < 4.78 is 0. The maximum absolute atomic E-state index is 12.1. The summed E-state index contributed by atoms with van der Waals surface area (Å²) in [7, 11) is 0. The van der Waals surface area contributed by atoms with Crippen molar-refractivity contribution >= 4 is 52.7 Å². The van der Waals surface area contributed by atoms with Gasteiger partial charge in [-0.25, -0.2) is 0 Å². The van der Waals surface area contributed by atoms with E-state index in [2.05, 4.69) is 5.32 Å². The molecule has 3 nitrogen and oxygen atoms in total. The van der Waals surface area contributed by atoms with Crippen LogP contribution >= 0.6 is 34.8 Å². The first kappa shape index (κ1) is 18.8. The second-order valence-electron chi connectivity index (χ2n) is 5.27. The number of hydrogen-bond acceptors (Lipinski definition) is 2. The Balaban J connectivity index is 2.23. The molecule has 1 amide bonds. The Labute approximate surface area is 155 Å². The number of aldehydes is 1. The molecule has 0 saturated heterocycles. The number of unbranched alkanes of at least 4 members (excludes halogenated alkanes) is 2. The zero-order valence-electron chi connectivity index (χ0n) is 12.8. The fourth-order valence-corrected chi connectivity index (χ4v) is 2.84. The third-order valence-electron chi connectivity index (χ3n) is 3.45. The molecule has 0 aliphatic rings. The molecule has 0 saturated carbocycles. The highest BCUT2D eigenvalue weighted by Crippen LogP contribution is 2.37. The number of rotatable bonds is 7. The van der Waals surface area contributed by atoms with E-state index in [4.69, 9.17) is 34.8 Å². The van der Waals surface area contributed by atoms with Crippen molar-refractivity contribution in [3.63, 3.8) is 0 Å².